The molecule has 1 fully saturated rings. The van der Waals surface area contributed by atoms with Gasteiger partial charge in [0.25, 0.3) is 0 Å². The molecule has 1 rings (SSSR count). The number of hydrogen-bond donors (Lipinski definition) is 4. The number of carboxylic acids is 2. The zero-order valence-electron chi connectivity index (χ0n) is 9.47. The van der Waals surface area contributed by atoms with Gasteiger partial charge in [0, 0.05) is 6.04 Å². The zero-order chi connectivity index (χ0) is 13.0. The standard InChI is InChI=1S/C10H16N2O5/c1-5(6-2-3-6)11-10(17)12-7(9(15)16)4-8(13)14/h5-7H,2-4H2,1H3,(H,13,14)(H,15,16)(H2,11,12,17). The summed E-state index contributed by atoms with van der Waals surface area (Å²) in [5.41, 5.74) is 0. The first-order chi connectivity index (χ1) is 7.90. The fourth-order valence-electron chi connectivity index (χ4n) is 1.50. The first-order valence-corrected chi connectivity index (χ1v) is 5.41. The maximum Gasteiger partial charge on any atom is 0.326 e. The van der Waals surface area contributed by atoms with Gasteiger partial charge in [0.1, 0.15) is 6.04 Å². The topological polar surface area (TPSA) is 116 Å². The number of carbonyl (C=O) groups is 3. The molecule has 0 aromatic heterocycles. The normalized spacial score (nSPS) is 17.9. The van der Waals surface area contributed by atoms with E-state index in [0.717, 1.165) is 12.8 Å². The summed E-state index contributed by atoms with van der Waals surface area (Å²) in [6.45, 7) is 1.84. The Morgan fingerprint density at radius 2 is 1.82 bits per heavy atom. The number of aliphatic carboxylic acids is 2. The van der Waals surface area contributed by atoms with E-state index in [1.807, 2.05) is 6.92 Å². The average Bonchev–Trinajstić information content (AvgIpc) is 2.98. The third kappa shape index (κ3) is 4.71. The second-order valence-electron chi connectivity index (χ2n) is 4.23. The fourth-order valence-corrected chi connectivity index (χ4v) is 1.50. The first kappa shape index (κ1) is 13.3. The van der Waals surface area contributed by atoms with Crippen LogP contribution in [0.2, 0.25) is 0 Å². The molecule has 2 atom stereocenters. The van der Waals surface area contributed by atoms with Gasteiger partial charge in [-0.15, -0.1) is 0 Å². The molecule has 2 amide bonds. The molecular formula is C10H16N2O5. The number of nitrogens with one attached hydrogen (secondary N) is 2. The largest absolute Gasteiger partial charge is 0.481 e. The van der Waals surface area contributed by atoms with Gasteiger partial charge in [0.2, 0.25) is 0 Å². The average molecular weight is 244 g/mol. The van der Waals surface area contributed by atoms with Crippen molar-refractivity contribution in [2.24, 2.45) is 5.92 Å². The lowest BCUT2D eigenvalue weighted by atomic mass is 10.2. The van der Waals surface area contributed by atoms with Crippen molar-refractivity contribution in [3.05, 3.63) is 0 Å². The number of carboxylic acid groups (broad SMARTS) is 2. The molecule has 0 saturated heterocycles. The molecule has 4 N–H and O–H groups in total. The van der Waals surface area contributed by atoms with Crippen LogP contribution >= 0.6 is 0 Å². The number of carbonyl (C=O) groups excluding carboxylic acids is 1. The van der Waals surface area contributed by atoms with Crippen molar-refractivity contribution in [1.82, 2.24) is 10.6 Å². The lowest BCUT2D eigenvalue weighted by Gasteiger charge is -2.16. The second kappa shape index (κ2) is 5.51. The predicted octanol–water partition coefficient (Wildman–Crippen LogP) is 0.0120. The van der Waals surface area contributed by atoms with Gasteiger partial charge in [-0.2, -0.15) is 0 Å². The third-order valence-corrected chi connectivity index (χ3v) is 2.67. The monoisotopic (exact) mass is 244 g/mol. The van der Waals surface area contributed by atoms with Crippen molar-refractivity contribution in [2.45, 2.75) is 38.3 Å². The van der Waals surface area contributed by atoms with Crippen molar-refractivity contribution in [3.8, 4) is 0 Å². The lowest BCUT2D eigenvalue weighted by molar-refractivity contribution is -0.145. The molecule has 7 heteroatoms. The van der Waals surface area contributed by atoms with E-state index in [2.05, 4.69) is 10.6 Å². The highest BCUT2D eigenvalue weighted by atomic mass is 16.4. The van der Waals surface area contributed by atoms with E-state index in [9.17, 15) is 14.4 Å². The minimum atomic E-state index is -1.40. The Hall–Kier alpha value is -1.79. The Morgan fingerprint density at radius 1 is 1.24 bits per heavy atom. The molecule has 0 aliphatic heterocycles. The molecule has 0 heterocycles. The Kier molecular flexibility index (Phi) is 4.30. The van der Waals surface area contributed by atoms with Crippen LogP contribution in [0.25, 0.3) is 0 Å². The molecule has 1 aliphatic rings. The highest BCUT2D eigenvalue weighted by Crippen LogP contribution is 2.32. The van der Waals surface area contributed by atoms with Crippen molar-refractivity contribution in [2.75, 3.05) is 0 Å². The molecule has 0 radical (unpaired) electrons. The van der Waals surface area contributed by atoms with Gasteiger partial charge in [-0.05, 0) is 25.7 Å². The van der Waals surface area contributed by atoms with Crippen LogP contribution in [0, 0.1) is 5.92 Å². The van der Waals surface area contributed by atoms with Crippen molar-refractivity contribution < 1.29 is 24.6 Å². The predicted molar refractivity (Wildman–Crippen MR) is 57.5 cm³/mol. The molecule has 7 nitrogen and oxygen atoms in total. The zero-order valence-corrected chi connectivity index (χ0v) is 9.47. The minimum Gasteiger partial charge on any atom is -0.481 e. The SMILES string of the molecule is CC(NC(=O)NC(CC(=O)O)C(=O)O)C1CC1. The Balaban J connectivity index is 2.39. The van der Waals surface area contributed by atoms with Crippen LogP contribution in [-0.4, -0.2) is 40.3 Å². The molecular weight excluding hydrogens is 228 g/mol. The van der Waals surface area contributed by atoms with E-state index in [4.69, 9.17) is 10.2 Å². The summed E-state index contributed by atoms with van der Waals surface area (Å²) < 4.78 is 0. The maximum atomic E-state index is 11.4. The van der Waals surface area contributed by atoms with Crippen LogP contribution in [0.5, 0.6) is 0 Å². The van der Waals surface area contributed by atoms with Gasteiger partial charge < -0.3 is 20.8 Å². The van der Waals surface area contributed by atoms with Crippen LogP contribution in [0.15, 0.2) is 0 Å². The van der Waals surface area contributed by atoms with Crippen LogP contribution in [0.4, 0.5) is 4.79 Å². The number of amides is 2. The van der Waals surface area contributed by atoms with Crippen LogP contribution < -0.4 is 10.6 Å². The summed E-state index contributed by atoms with van der Waals surface area (Å²) in [5.74, 6) is -2.18. The number of hydrogen-bond acceptors (Lipinski definition) is 3. The van der Waals surface area contributed by atoms with Crippen LogP contribution in [0.3, 0.4) is 0 Å². The molecule has 2 unspecified atom stereocenters. The molecule has 0 spiro atoms. The van der Waals surface area contributed by atoms with Gasteiger partial charge in [-0.25, -0.2) is 9.59 Å². The lowest BCUT2D eigenvalue weighted by Crippen LogP contribution is -2.49. The van der Waals surface area contributed by atoms with Gasteiger partial charge in [0.15, 0.2) is 0 Å². The van der Waals surface area contributed by atoms with Gasteiger partial charge >= 0.3 is 18.0 Å². The Bertz CT molecular complexity index is 327. The van der Waals surface area contributed by atoms with Crippen molar-refractivity contribution in [3.63, 3.8) is 0 Å². The molecule has 17 heavy (non-hydrogen) atoms. The van der Waals surface area contributed by atoms with Gasteiger partial charge in [-0.3, -0.25) is 4.79 Å². The third-order valence-electron chi connectivity index (χ3n) is 2.67. The fraction of sp³-hybridized carbons (Fsp3) is 0.700. The molecule has 0 aromatic rings. The summed E-state index contributed by atoms with van der Waals surface area (Å²) >= 11 is 0. The summed E-state index contributed by atoms with van der Waals surface area (Å²) in [4.78, 5) is 32.5. The van der Waals surface area contributed by atoms with Crippen LogP contribution in [0.1, 0.15) is 26.2 Å². The smallest absolute Gasteiger partial charge is 0.326 e. The van der Waals surface area contributed by atoms with Crippen LogP contribution in [-0.2, 0) is 9.59 Å². The van der Waals surface area contributed by atoms with E-state index in [1.165, 1.54) is 0 Å². The minimum absolute atomic E-state index is 0.0192. The molecule has 0 aromatic carbocycles. The molecule has 0 bridgehead atoms. The highest BCUT2D eigenvalue weighted by Gasteiger charge is 2.30. The first-order valence-electron chi connectivity index (χ1n) is 5.41. The van der Waals surface area contributed by atoms with Gasteiger partial charge in [-0.1, -0.05) is 0 Å². The second-order valence-corrected chi connectivity index (χ2v) is 4.23. The van der Waals surface area contributed by atoms with E-state index in [1.54, 1.807) is 0 Å². The van der Waals surface area contributed by atoms with Crippen molar-refractivity contribution in [1.29, 1.82) is 0 Å². The summed E-state index contributed by atoms with van der Waals surface area (Å²) in [7, 11) is 0. The van der Waals surface area contributed by atoms with Crippen molar-refractivity contribution >= 4 is 18.0 Å². The van der Waals surface area contributed by atoms with E-state index >= 15 is 0 Å². The molecule has 1 saturated carbocycles. The van der Waals surface area contributed by atoms with Gasteiger partial charge in [0.05, 0.1) is 6.42 Å². The number of rotatable bonds is 6. The van der Waals surface area contributed by atoms with E-state index < -0.39 is 30.4 Å². The maximum absolute atomic E-state index is 11.4. The molecule has 1 aliphatic carbocycles. The van der Waals surface area contributed by atoms with E-state index in [0.29, 0.717) is 5.92 Å². The number of urea groups is 1. The highest BCUT2D eigenvalue weighted by molar-refractivity contribution is 5.86. The summed E-state index contributed by atoms with van der Waals surface area (Å²) in [5, 5.41) is 21.9. The summed E-state index contributed by atoms with van der Waals surface area (Å²) in [6.07, 6.45) is 1.47. The summed E-state index contributed by atoms with van der Waals surface area (Å²) in [6, 6.07) is -2.06. The quantitative estimate of drug-likeness (QED) is 0.525. The Morgan fingerprint density at radius 3 is 2.24 bits per heavy atom. The Labute approximate surface area is 98.2 Å². The van der Waals surface area contributed by atoms with E-state index in [-0.39, 0.29) is 6.04 Å². The molecule has 96 valence electrons.